The Morgan fingerprint density at radius 3 is 2.61 bits per heavy atom. The zero-order valence-corrected chi connectivity index (χ0v) is 12.8. The van der Waals surface area contributed by atoms with Crippen LogP contribution in [0.1, 0.15) is 23.7 Å². The van der Waals surface area contributed by atoms with Crippen LogP contribution >= 0.6 is 0 Å². The van der Waals surface area contributed by atoms with Crippen LogP contribution in [0.15, 0.2) is 54.7 Å². The van der Waals surface area contributed by atoms with Gasteiger partial charge >= 0.3 is 0 Å². The highest BCUT2D eigenvalue weighted by Gasteiger charge is 2.16. The summed E-state index contributed by atoms with van der Waals surface area (Å²) in [6, 6.07) is 15.4. The van der Waals surface area contributed by atoms with E-state index < -0.39 is 0 Å². The van der Waals surface area contributed by atoms with E-state index in [1.54, 1.807) is 13.1 Å². The van der Waals surface area contributed by atoms with E-state index in [4.69, 9.17) is 0 Å². The van der Waals surface area contributed by atoms with E-state index in [1.165, 1.54) is 4.68 Å². The Kier molecular flexibility index (Phi) is 4.42. The lowest BCUT2D eigenvalue weighted by Crippen LogP contribution is -2.15. The summed E-state index contributed by atoms with van der Waals surface area (Å²) in [5.41, 5.74) is 1.74. The average Bonchev–Trinajstić information content (AvgIpc) is 3.05. The molecule has 0 aliphatic rings. The van der Waals surface area contributed by atoms with Crippen LogP contribution in [0.25, 0.3) is 11.5 Å². The van der Waals surface area contributed by atoms with Crippen LogP contribution in [0.3, 0.4) is 0 Å². The minimum absolute atomic E-state index is 0.116. The van der Waals surface area contributed by atoms with Crippen LogP contribution in [-0.2, 0) is 6.54 Å². The fourth-order valence-corrected chi connectivity index (χ4v) is 2.13. The Labute approximate surface area is 134 Å². The molecule has 0 spiro atoms. The summed E-state index contributed by atoms with van der Waals surface area (Å²) in [7, 11) is 0. The summed E-state index contributed by atoms with van der Waals surface area (Å²) >= 11 is 0. The summed E-state index contributed by atoms with van der Waals surface area (Å²) < 4.78 is 1.31. The first-order valence-electron chi connectivity index (χ1n) is 7.47. The molecule has 0 radical (unpaired) electrons. The second kappa shape index (κ2) is 6.83. The molecule has 2 aromatic heterocycles. The molecule has 0 fully saturated rings. The highest BCUT2D eigenvalue weighted by Crippen LogP contribution is 2.16. The molecule has 0 unspecified atom stereocenters. The molecule has 0 amide bonds. The molecule has 3 rings (SSSR count). The number of carbonyl (C=O) groups excluding carboxylic acids is 1. The molecule has 1 N–H and O–H groups in total. The van der Waals surface area contributed by atoms with Gasteiger partial charge in [0.15, 0.2) is 0 Å². The van der Waals surface area contributed by atoms with E-state index in [0.29, 0.717) is 30.4 Å². The molecule has 3 aromatic rings. The Morgan fingerprint density at radius 1 is 1.13 bits per heavy atom. The van der Waals surface area contributed by atoms with Crippen molar-refractivity contribution in [3.63, 3.8) is 0 Å². The molecule has 23 heavy (non-hydrogen) atoms. The van der Waals surface area contributed by atoms with Gasteiger partial charge in [0, 0.05) is 19.2 Å². The zero-order valence-electron chi connectivity index (χ0n) is 12.8. The second-order valence-electron chi connectivity index (χ2n) is 4.97. The van der Waals surface area contributed by atoms with Gasteiger partial charge in [0.2, 0.25) is 17.7 Å². The normalized spacial score (nSPS) is 10.5. The maximum Gasteiger partial charge on any atom is 0.249 e. The van der Waals surface area contributed by atoms with Crippen molar-refractivity contribution in [2.45, 2.75) is 19.9 Å². The lowest BCUT2D eigenvalue weighted by Gasteiger charge is -2.06. The van der Waals surface area contributed by atoms with Crippen LogP contribution in [-0.4, -0.2) is 25.7 Å². The van der Waals surface area contributed by atoms with Crippen molar-refractivity contribution in [2.24, 2.45) is 0 Å². The van der Waals surface area contributed by atoms with Gasteiger partial charge in [-0.2, -0.15) is 9.67 Å². The fourth-order valence-electron chi connectivity index (χ4n) is 2.13. The Balaban J connectivity index is 1.88. The number of pyridine rings is 1. The molecule has 2 heterocycles. The van der Waals surface area contributed by atoms with Crippen molar-refractivity contribution in [1.82, 2.24) is 19.7 Å². The Morgan fingerprint density at radius 2 is 1.91 bits per heavy atom. The minimum Gasteiger partial charge on any atom is -0.350 e. The Bertz CT molecular complexity index is 783. The molecule has 6 heteroatoms. The second-order valence-corrected chi connectivity index (χ2v) is 4.97. The zero-order chi connectivity index (χ0) is 16.1. The van der Waals surface area contributed by atoms with Crippen molar-refractivity contribution in [3.8, 4) is 11.5 Å². The minimum atomic E-state index is -0.116. The van der Waals surface area contributed by atoms with Crippen molar-refractivity contribution in [2.75, 3.05) is 5.32 Å². The number of carbonyl (C=O) groups is 1. The molecule has 0 bridgehead atoms. The number of rotatable bonds is 5. The SMILES string of the molecule is CCC(=O)n1nc(-c2ccccn2)nc1NCc1ccccc1. The van der Waals surface area contributed by atoms with Crippen LogP contribution in [0, 0.1) is 0 Å². The van der Waals surface area contributed by atoms with E-state index in [0.717, 1.165) is 5.56 Å². The summed E-state index contributed by atoms with van der Waals surface area (Å²) in [4.78, 5) is 20.7. The quantitative estimate of drug-likeness (QED) is 0.784. The molecular weight excluding hydrogens is 290 g/mol. The van der Waals surface area contributed by atoms with Gasteiger partial charge in [0.25, 0.3) is 0 Å². The highest BCUT2D eigenvalue weighted by molar-refractivity contribution is 5.81. The van der Waals surface area contributed by atoms with Crippen molar-refractivity contribution >= 4 is 11.9 Å². The number of anilines is 1. The molecule has 0 aliphatic carbocycles. The highest BCUT2D eigenvalue weighted by atomic mass is 16.2. The number of hydrogen-bond acceptors (Lipinski definition) is 5. The largest absolute Gasteiger partial charge is 0.350 e. The third-order valence-electron chi connectivity index (χ3n) is 3.33. The number of nitrogens with one attached hydrogen (secondary N) is 1. The fraction of sp³-hybridized carbons (Fsp3) is 0.176. The molecule has 0 saturated carbocycles. The number of aromatic nitrogens is 4. The first-order chi connectivity index (χ1) is 11.3. The maximum absolute atomic E-state index is 12.1. The van der Waals surface area contributed by atoms with Crippen LogP contribution < -0.4 is 5.32 Å². The molecule has 1 aromatic carbocycles. The van der Waals surface area contributed by atoms with Crippen LogP contribution in [0.5, 0.6) is 0 Å². The smallest absolute Gasteiger partial charge is 0.249 e. The van der Waals surface area contributed by atoms with Gasteiger partial charge in [-0.1, -0.05) is 43.3 Å². The Hall–Kier alpha value is -3.02. The third kappa shape index (κ3) is 3.42. The topological polar surface area (TPSA) is 72.7 Å². The molecule has 0 atom stereocenters. The van der Waals surface area contributed by atoms with Crippen molar-refractivity contribution in [1.29, 1.82) is 0 Å². The van der Waals surface area contributed by atoms with E-state index in [1.807, 2.05) is 48.5 Å². The summed E-state index contributed by atoms with van der Waals surface area (Å²) in [6.45, 7) is 2.36. The lowest BCUT2D eigenvalue weighted by molar-refractivity contribution is 0.0895. The van der Waals surface area contributed by atoms with Gasteiger partial charge in [-0.3, -0.25) is 9.78 Å². The van der Waals surface area contributed by atoms with E-state index in [9.17, 15) is 4.79 Å². The number of benzene rings is 1. The third-order valence-corrected chi connectivity index (χ3v) is 3.33. The molecule has 0 saturated heterocycles. The standard InChI is InChI=1S/C17H17N5O/c1-2-15(23)22-17(19-12-13-8-4-3-5-9-13)20-16(21-22)14-10-6-7-11-18-14/h3-11H,2,12H2,1H3,(H,19,20,21). The molecule has 6 nitrogen and oxygen atoms in total. The van der Waals surface area contributed by atoms with Crippen LogP contribution in [0.2, 0.25) is 0 Å². The first-order valence-corrected chi connectivity index (χ1v) is 7.47. The van der Waals surface area contributed by atoms with Gasteiger partial charge in [0.05, 0.1) is 0 Å². The number of nitrogens with zero attached hydrogens (tertiary/aromatic N) is 4. The van der Waals surface area contributed by atoms with E-state index >= 15 is 0 Å². The molecular formula is C17H17N5O. The summed E-state index contributed by atoms with van der Waals surface area (Å²) in [5.74, 6) is 0.750. The van der Waals surface area contributed by atoms with Gasteiger partial charge in [-0.25, -0.2) is 0 Å². The van der Waals surface area contributed by atoms with Gasteiger partial charge < -0.3 is 5.32 Å². The van der Waals surface area contributed by atoms with Gasteiger partial charge in [0.1, 0.15) is 5.69 Å². The first kappa shape index (κ1) is 14.9. The van der Waals surface area contributed by atoms with Crippen LogP contribution in [0.4, 0.5) is 5.95 Å². The van der Waals surface area contributed by atoms with E-state index in [2.05, 4.69) is 20.4 Å². The van der Waals surface area contributed by atoms with Gasteiger partial charge in [-0.15, -0.1) is 5.10 Å². The van der Waals surface area contributed by atoms with Gasteiger partial charge in [-0.05, 0) is 17.7 Å². The predicted octanol–water partition coefficient (Wildman–Crippen LogP) is 3.00. The van der Waals surface area contributed by atoms with E-state index in [-0.39, 0.29) is 5.91 Å². The predicted molar refractivity (Wildman–Crippen MR) is 87.9 cm³/mol. The van der Waals surface area contributed by atoms with Crippen molar-refractivity contribution in [3.05, 3.63) is 60.3 Å². The summed E-state index contributed by atoms with van der Waals surface area (Å²) in [5, 5.41) is 7.47. The maximum atomic E-state index is 12.1. The lowest BCUT2D eigenvalue weighted by atomic mass is 10.2. The average molecular weight is 307 g/mol. The molecule has 116 valence electrons. The van der Waals surface area contributed by atoms with Crippen molar-refractivity contribution < 1.29 is 4.79 Å². The monoisotopic (exact) mass is 307 g/mol. The number of hydrogen-bond donors (Lipinski definition) is 1. The summed E-state index contributed by atoms with van der Waals surface area (Å²) in [6.07, 6.45) is 2.03. The molecule has 0 aliphatic heterocycles.